The van der Waals surface area contributed by atoms with Crippen molar-refractivity contribution in [2.24, 2.45) is 0 Å². The Bertz CT molecular complexity index is 1130. The van der Waals surface area contributed by atoms with Crippen LogP contribution >= 0.6 is 11.6 Å². The molecule has 0 fully saturated rings. The predicted molar refractivity (Wildman–Crippen MR) is 127 cm³/mol. The van der Waals surface area contributed by atoms with Crippen LogP contribution in [0.1, 0.15) is 25.5 Å². The lowest BCUT2D eigenvalue weighted by Gasteiger charge is -2.33. The lowest BCUT2D eigenvalue weighted by Crippen LogP contribution is -2.46. The molecule has 3 amide bonds. The second-order valence-corrected chi connectivity index (χ2v) is 7.80. The number of benzene rings is 2. The Morgan fingerprint density at radius 1 is 1.18 bits per heavy atom. The Morgan fingerprint density at radius 3 is 2.59 bits per heavy atom. The van der Waals surface area contributed by atoms with Crippen molar-refractivity contribution in [2.75, 3.05) is 32.7 Å². The van der Waals surface area contributed by atoms with Gasteiger partial charge in [-0.25, -0.2) is 9.59 Å². The van der Waals surface area contributed by atoms with Crippen molar-refractivity contribution >= 4 is 35.2 Å². The SMILES string of the molecule is CCOC(=O)C1=C(C)N(C)C(=O)N[C@@H]1c1ccc(OCC(=O)Nc2ccccc2Cl)c(OC)c1. The molecule has 0 spiro atoms. The van der Waals surface area contributed by atoms with E-state index in [1.807, 2.05) is 0 Å². The molecule has 10 heteroatoms. The summed E-state index contributed by atoms with van der Waals surface area (Å²) >= 11 is 6.06. The molecule has 34 heavy (non-hydrogen) atoms. The number of methoxy groups -OCH3 is 1. The number of allylic oxidation sites excluding steroid dienone is 1. The molecular formula is C24H26ClN3O6. The normalized spacial score (nSPS) is 15.5. The van der Waals surface area contributed by atoms with Gasteiger partial charge < -0.3 is 29.7 Å². The van der Waals surface area contributed by atoms with Crippen LogP contribution in [0.2, 0.25) is 5.02 Å². The first kappa shape index (κ1) is 24.9. The predicted octanol–water partition coefficient (Wildman–Crippen LogP) is 3.90. The maximum absolute atomic E-state index is 12.6. The van der Waals surface area contributed by atoms with Crippen molar-refractivity contribution in [3.8, 4) is 11.5 Å². The summed E-state index contributed by atoms with van der Waals surface area (Å²) in [6.45, 7) is 3.32. The number of halogens is 1. The molecule has 0 aliphatic carbocycles. The largest absolute Gasteiger partial charge is 0.493 e. The number of para-hydroxylation sites is 1. The summed E-state index contributed by atoms with van der Waals surface area (Å²) < 4.78 is 16.3. The van der Waals surface area contributed by atoms with Crippen LogP contribution in [-0.4, -0.2) is 50.2 Å². The first-order valence-corrected chi connectivity index (χ1v) is 10.9. The Labute approximate surface area is 202 Å². The minimum absolute atomic E-state index is 0.201. The van der Waals surface area contributed by atoms with E-state index in [9.17, 15) is 14.4 Å². The summed E-state index contributed by atoms with van der Waals surface area (Å²) in [5, 5.41) is 5.91. The number of rotatable bonds is 8. The maximum atomic E-state index is 12.6. The number of carbonyl (C=O) groups is 3. The van der Waals surface area contributed by atoms with Gasteiger partial charge in [-0.15, -0.1) is 0 Å². The van der Waals surface area contributed by atoms with Crippen molar-refractivity contribution in [3.05, 3.63) is 64.3 Å². The fourth-order valence-corrected chi connectivity index (χ4v) is 3.62. The molecule has 9 nitrogen and oxygen atoms in total. The first-order chi connectivity index (χ1) is 16.3. The molecule has 0 saturated heterocycles. The number of ether oxygens (including phenoxy) is 3. The molecule has 2 aromatic carbocycles. The van der Waals surface area contributed by atoms with Gasteiger partial charge in [0.05, 0.1) is 36.0 Å². The van der Waals surface area contributed by atoms with Gasteiger partial charge in [-0.3, -0.25) is 4.79 Å². The highest BCUT2D eigenvalue weighted by molar-refractivity contribution is 6.33. The number of urea groups is 1. The zero-order valence-corrected chi connectivity index (χ0v) is 20.1. The summed E-state index contributed by atoms with van der Waals surface area (Å²) in [5.41, 5.74) is 1.88. The molecule has 3 rings (SSSR count). The van der Waals surface area contributed by atoms with Crippen molar-refractivity contribution in [3.63, 3.8) is 0 Å². The summed E-state index contributed by atoms with van der Waals surface area (Å²) in [5.74, 6) is -0.271. The minimum atomic E-state index is -0.741. The lowest BCUT2D eigenvalue weighted by atomic mass is 9.94. The van der Waals surface area contributed by atoms with Crippen LogP contribution in [0.4, 0.5) is 10.5 Å². The molecule has 0 unspecified atom stereocenters. The van der Waals surface area contributed by atoms with E-state index in [1.165, 1.54) is 12.0 Å². The maximum Gasteiger partial charge on any atom is 0.338 e. The van der Waals surface area contributed by atoms with E-state index in [0.717, 1.165) is 0 Å². The van der Waals surface area contributed by atoms with E-state index in [-0.39, 0.29) is 19.2 Å². The van der Waals surface area contributed by atoms with Gasteiger partial charge >= 0.3 is 12.0 Å². The number of nitrogens with one attached hydrogen (secondary N) is 2. The topological polar surface area (TPSA) is 106 Å². The lowest BCUT2D eigenvalue weighted by molar-refractivity contribution is -0.139. The summed E-state index contributed by atoms with van der Waals surface area (Å²) in [6.07, 6.45) is 0. The van der Waals surface area contributed by atoms with E-state index in [4.69, 9.17) is 25.8 Å². The van der Waals surface area contributed by atoms with Gasteiger partial charge in [0.15, 0.2) is 18.1 Å². The molecule has 2 aromatic rings. The number of nitrogens with zero attached hydrogens (tertiary/aromatic N) is 1. The van der Waals surface area contributed by atoms with Crippen LogP contribution in [0.15, 0.2) is 53.7 Å². The highest BCUT2D eigenvalue weighted by Crippen LogP contribution is 2.36. The fourth-order valence-electron chi connectivity index (χ4n) is 3.43. The highest BCUT2D eigenvalue weighted by atomic mass is 35.5. The van der Waals surface area contributed by atoms with E-state index in [2.05, 4.69) is 10.6 Å². The molecule has 2 N–H and O–H groups in total. The third-order valence-corrected chi connectivity index (χ3v) is 5.61. The van der Waals surface area contributed by atoms with Gasteiger partial charge in [0.25, 0.3) is 5.91 Å². The Balaban J connectivity index is 1.81. The fraction of sp³-hybridized carbons (Fsp3) is 0.292. The Hall–Kier alpha value is -3.72. The van der Waals surface area contributed by atoms with E-state index < -0.39 is 17.9 Å². The highest BCUT2D eigenvalue weighted by Gasteiger charge is 2.35. The zero-order valence-electron chi connectivity index (χ0n) is 19.3. The van der Waals surface area contributed by atoms with Crippen molar-refractivity contribution in [1.82, 2.24) is 10.2 Å². The Kier molecular flexibility index (Phi) is 8.01. The van der Waals surface area contributed by atoms with Crippen molar-refractivity contribution < 1.29 is 28.6 Å². The molecule has 1 heterocycles. The van der Waals surface area contributed by atoms with Crippen LogP contribution in [-0.2, 0) is 14.3 Å². The van der Waals surface area contributed by atoms with Crippen LogP contribution in [0.25, 0.3) is 0 Å². The summed E-state index contributed by atoms with van der Waals surface area (Å²) in [6, 6.07) is 10.7. The molecule has 180 valence electrons. The third kappa shape index (κ3) is 5.43. The molecule has 0 radical (unpaired) electrons. The molecule has 0 saturated carbocycles. The monoisotopic (exact) mass is 487 g/mol. The standard InChI is InChI=1S/C24H26ClN3O6/c1-5-33-23(30)21-14(2)28(3)24(31)27-22(21)15-10-11-18(19(12-15)32-4)34-13-20(29)26-17-9-7-6-8-16(17)25/h6-12,22H,5,13H2,1-4H3,(H,26,29)(H,27,31)/t22-/m1/s1. The van der Waals surface area contributed by atoms with Crippen LogP contribution in [0.5, 0.6) is 11.5 Å². The molecular weight excluding hydrogens is 462 g/mol. The smallest absolute Gasteiger partial charge is 0.338 e. The number of hydrogen-bond acceptors (Lipinski definition) is 6. The quantitative estimate of drug-likeness (QED) is 0.547. The average molecular weight is 488 g/mol. The van der Waals surface area contributed by atoms with Gasteiger partial charge in [0.2, 0.25) is 0 Å². The van der Waals surface area contributed by atoms with Crippen LogP contribution < -0.4 is 20.1 Å². The summed E-state index contributed by atoms with van der Waals surface area (Å²) in [4.78, 5) is 38.7. The van der Waals surface area contributed by atoms with Crippen LogP contribution in [0, 0.1) is 0 Å². The molecule has 1 aliphatic rings. The second kappa shape index (κ2) is 10.9. The number of esters is 1. The molecule has 0 aromatic heterocycles. The first-order valence-electron chi connectivity index (χ1n) is 10.5. The molecule has 0 bridgehead atoms. The number of carbonyl (C=O) groups excluding carboxylic acids is 3. The van der Waals surface area contributed by atoms with Gasteiger partial charge in [-0.05, 0) is 43.7 Å². The van der Waals surface area contributed by atoms with Crippen molar-refractivity contribution in [2.45, 2.75) is 19.9 Å². The molecule has 1 atom stereocenters. The number of amides is 3. The number of hydrogen-bond donors (Lipinski definition) is 2. The third-order valence-electron chi connectivity index (χ3n) is 5.28. The van der Waals surface area contributed by atoms with Gasteiger partial charge in [0.1, 0.15) is 0 Å². The second-order valence-electron chi connectivity index (χ2n) is 7.39. The Morgan fingerprint density at radius 2 is 1.91 bits per heavy atom. The average Bonchev–Trinajstić information content (AvgIpc) is 2.82. The minimum Gasteiger partial charge on any atom is -0.493 e. The van der Waals surface area contributed by atoms with Gasteiger partial charge in [0, 0.05) is 12.7 Å². The van der Waals surface area contributed by atoms with Gasteiger partial charge in [-0.1, -0.05) is 29.8 Å². The van der Waals surface area contributed by atoms with Crippen molar-refractivity contribution in [1.29, 1.82) is 0 Å². The summed E-state index contributed by atoms with van der Waals surface area (Å²) in [7, 11) is 3.03. The van der Waals surface area contributed by atoms with E-state index in [0.29, 0.717) is 39.0 Å². The van der Waals surface area contributed by atoms with E-state index in [1.54, 1.807) is 63.4 Å². The number of anilines is 1. The zero-order chi connectivity index (χ0) is 24.8. The van der Waals surface area contributed by atoms with E-state index >= 15 is 0 Å². The van der Waals surface area contributed by atoms with Crippen LogP contribution in [0.3, 0.4) is 0 Å². The van der Waals surface area contributed by atoms with Gasteiger partial charge in [-0.2, -0.15) is 0 Å². The molecule has 1 aliphatic heterocycles.